The number of hydrogen-bond acceptors (Lipinski definition) is 6. The zero-order valence-corrected chi connectivity index (χ0v) is 13.1. The van der Waals surface area contributed by atoms with Crippen molar-refractivity contribution in [3.8, 4) is 6.07 Å². The number of hydrogen-bond donors (Lipinski definition) is 0. The summed E-state index contributed by atoms with van der Waals surface area (Å²) < 4.78 is 0. The van der Waals surface area contributed by atoms with Gasteiger partial charge in [-0.15, -0.1) is 0 Å². The summed E-state index contributed by atoms with van der Waals surface area (Å²) in [5.74, 6) is 3.32. The highest BCUT2D eigenvalue weighted by atomic mass is 15.3. The Balaban J connectivity index is 1.46. The van der Waals surface area contributed by atoms with E-state index in [9.17, 15) is 0 Å². The molecule has 0 aromatic carbocycles. The number of nitrogens with zero attached hydrogens (tertiary/aromatic N) is 6. The average molecular weight is 306 g/mol. The fourth-order valence-corrected chi connectivity index (χ4v) is 3.72. The van der Waals surface area contributed by atoms with Crippen LogP contribution in [-0.4, -0.2) is 41.1 Å². The van der Waals surface area contributed by atoms with Gasteiger partial charge in [0, 0.05) is 56.0 Å². The van der Waals surface area contributed by atoms with Crippen molar-refractivity contribution in [1.82, 2.24) is 15.0 Å². The van der Waals surface area contributed by atoms with E-state index >= 15 is 0 Å². The Kier molecular flexibility index (Phi) is 3.34. The summed E-state index contributed by atoms with van der Waals surface area (Å²) in [6.45, 7) is 6.18. The summed E-state index contributed by atoms with van der Waals surface area (Å²) in [6.07, 6.45) is 5.16. The van der Waals surface area contributed by atoms with Crippen LogP contribution >= 0.6 is 0 Å². The highest BCUT2D eigenvalue weighted by Gasteiger charge is 2.41. The van der Waals surface area contributed by atoms with Crippen molar-refractivity contribution in [2.75, 3.05) is 36.0 Å². The number of anilines is 2. The van der Waals surface area contributed by atoms with Gasteiger partial charge in [-0.1, -0.05) is 0 Å². The molecule has 6 nitrogen and oxygen atoms in total. The normalized spacial score (nSPS) is 23.0. The maximum atomic E-state index is 8.87. The molecule has 2 fully saturated rings. The van der Waals surface area contributed by atoms with Crippen molar-refractivity contribution in [3.05, 3.63) is 42.0 Å². The smallest absolute Gasteiger partial charge is 0.134 e. The van der Waals surface area contributed by atoms with Crippen molar-refractivity contribution < 1.29 is 0 Å². The van der Waals surface area contributed by atoms with Gasteiger partial charge in [0.25, 0.3) is 0 Å². The lowest BCUT2D eigenvalue weighted by Gasteiger charge is -2.23. The van der Waals surface area contributed by atoms with Crippen LogP contribution in [0.25, 0.3) is 0 Å². The fourth-order valence-electron chi connectivity index (χ4n) is 3.72. The third-order valence-corrected chi connectivity index (χ3v) is 4.85. The van der Waals surface area contributed by atoms with Gasteiger partial charge in [-0.3, -0.25) is 0 Å². The molecule has 23 heavy (non-hydrogen) atoms. The minimum absolute atomic E-state index is 0.610. The molecule has 2 aliphatic heterocycles. The van der Waals surface area contributed by atoms with Crippen molar-refractivity contribution in [1.29, 1.82) is 5.26 Å². The quantitative estimate of drug-likeness (QED) is 0.840. The molecule has 0 saturated carbocycles. The van der Waals surface area contributed by atoms with Crippen molar-refractivity contribution in [3.63, 3.8) is 0 Å². The topological polar surface area (TPSA) is 68.9 Å². The summed E-state index contributed by atoms with van der Waals surface area (Å²) in [6, 6.07) is 5.90. The van der Waals surface area contributed by atoms with Crippen LogP contribution in [0.1, 0.15) is 11.1 Å². The predicted octanol–water partition coefficient (Wildman–Crippen LogP) is 1.62. The SMILES string of the molecule is Cc1cncnc1N1CC2CN(c3ccc(C#N)cn3)CC2C1. The van der Waals surface area contributed by atoms with Crippen molar-refractivity contribution >= 4 is 11.6 Å². The van der Waals surface area contributed by atoms with E-state index < -0.39 is 0 Å². The maximum Gasteiger partial charge on any atom is 0.134 e. The minimum Gasteiger partial charge on any atom is -0.356 e. The molecule has 2 aromatic rings. The lowest BCUT2D eigenvalue weighted by atomic mass is 10.0. The Morgan fingerprint density at radius 2 is 1.78 bits per heavy atom. The Labute approximate surface area is 135 Å². The molecule has 0 spiro atoms. The molecule has 4 rings (SSSR count). The second-order valence-corrected chi connectivity index (χ2v) is 6.38. The van der Waals surface area contributed by atoms with Crippen LogP contribution in [0.3, 0.4) is 0 Å². The second kappa shape index (κ2) is 5.51. The van der Waals surface area contributed by atoms with E-state index in [4.69, 9.17) is 5.26 Å². The number of rotatable bonds is 2. The van der Waals surface area contributed by atoms with Gasteiger partial charge in [-0.25, -0.2) is 15.0 Å². The van der Waals surface area contributed by atoms with E-state index in [2.05, 4.69) is 37.7 Å². The van der Waals surface area contributed by atoms with Gasteiger partial charge >= 0.3 is 0 Å². The zero-order chi connectivity index (χ0) is 15.8. The predicted molar refractivity (Wildman–Crippen MR) is 87.1 cm³/mol. The van der Waals surface area contributed by atoms with Crippen LogP contribution in [0, 0.1) is 30.1 Å². The summed E-state index contributed by atoms with van der Waals surface area (Å²) >= 11 is 0. The zero-order valence-electron chi connectivity index (χ0n) is 13.1. The average Bonchev–Trinajstić information content (AvgIpc) is 3.14. The first-order valence-electron chi connectivity index (χ1n) is 7.87. The summed E-state index contributed by atoms with van der Waals surface area (Å²) in [5.41, 5.74) is 1.75. The third-order valence-electron chi connectivity index (χ3n) is 4.85. The lowest BCUT2D eigenvalue weighted by Crippen LogP contribution is -2.30. The number of aryl methyl sites for hydroxylation is 1. The molecule has 0 aliphatic carbocycles. The van der Waals surface area contributed by atoms with Gasteiger partial charge in [0.05, 0.1) is 5.56 Å². The first kappa shape index (κ1) is 13.9. The van der Waals surface area contributed by atoms with Gasteiger partial charge in [0.2, 0.25) is 0 Å². The third kappa shape index (κ3) is 2.48. The van der Waals surface area contributed by atoms with E-state index in [0.717, 1.165) is 43.4 Å². The highest BCUT2D eigenvalue weighted by Crippen LogP contribution is 2.35. The molecular formula is C17H18N6. The summed E-state index contributed by atoms with van der Waals surface area (Å²) in [7, 11) is 0. The number of aromatic nitrogens is 3. The van der Waals surface area contributed by atoms with E-state index in [1.165, 1.54) is 0 Å². The molecule has 0 radical (unpaired) electrons. The molecule has 6 heteroatoms. The minimum atomic E-state index is 0.610. The molecule has 2 atom stereocenters. The molecule has 4 heterocycles. The van der Waals surface area contributed by atoms with Gasteiger partial charge in [-0.05, 0) is 19.1 Å². The van der Waals surface area contributed by atoms with Crippen LogP contribution in [0.15, 0.2) is 30.9 Å². The van der Waals surface area contributed by atoms with E-state index in [1.807, 2.05) is 18.3 Å². The highest BCUT2D eigenvalue weighted by molar-refractivity contribution is 5.48. The largest absolute Gasteiger partial charge is 0.356 e. The summed E-state index contributed by atoms with van der Waals surface area (Å²) in [5, 5.41) is 8.87. The van der Waals surface area contributed by atoms with E-state index in [-0.39, 0.29) is 0 Å². The van der Waals surface area contributed by atoms with Crippen molar-refractivity contribution in [2.24, 2.45) is 11.8 Å². The van der Waals surface area contributed by atoms with Crippen LogP contribution in [0.4, 0.5) is 11.6 Å². The Morgan fingerprint density at radius 3 is 2.39 bits per heavy atom. The molecule has 116 valence electrons. The van der Waals surface area contributed by atoms with Gasteiger partial charge < -0.3 is 9.80 Å². The van der Waals surface area contributed by atoms with Gasteiger partial charge in [0.1, 0.15) is 24.0 Å². The molecule has 2 aliphatic rings. The Hall–Kier alpha value is -2.68. The molecule has 0 bridgehead atoms. The number of nitriles is 1. The van der Waals surface area contributed by atoms with Gasteiger partial charge in [0.15, 0.2) is 0 Å². The molecule has 0 N–H and O–H groups in total. The van der Waals surface area contributed by atoms with E-state index in [1.54, 1.807) is 12.5 Å². The lowest BCUT2D eigenvalue weighted by molar-refractivity contribution is 0.533. The Bertz CT molecular complexity index is 736. The number of pyridine rings is 1. The van der Waals surface area contributed by atoms with Gasteiger partial charge in [-0.2, -0.15) is 5.26 Å². The standard InChI is InChI=1S/C17H18N6/c1-12-5-19-11-21-17(12)23-9-14-7-22(8-15(14)10-23)16-3-2-13(4-18)6-20-16/h2-3,5-6,11,14-15H,7-10H2,1H3. The molecule has 2 aromatic heterocycles. The first-order chi connectivity index (χ1) is 11.2. The van der Waals surface area contributed by atoms with Crippen LogP contribution < -0.4 is 9.80 Å². The van der Waals surface area contributed by atoms with Crippen LogP contribution in [-0.2, 0) is 0 Å². The molecule has 0 amide bonds. The first-order valence-corrected chi connectivity index (χ1v) is 7.87. The molecule has 2 saturated heterocycles. The molecular weight excluding hydrogens is 288 g/mol. The van der Waals surface area contributed by atoms with E-state index in [0.29, 0.717) is 17.4 Å². The molecule has 2 unspecified atom stereocenters. The Morgan fingerprint density at radius 1 is 1.04 bits per heavy atom. The van der Waals surface area contributed by atoms with Crippen molar-refractivity contribution in [2.45, 2.75) is 6.92 Å². The summed E-state index contributed by atoms with van der Waals surface area (Å²) in [4.78, 5) is 17.7. The second-order valence-electron chi connectivity index (χ2n) is 6.38. The fraction of sp³-hybridized carbons (Fsp3) is 0.412. The maximum absolute atomic E-state index is 8.87. The van der Waals surface area contributed by atoms with Crippen LogP contribution in [0.5, 0.6) is 0 Å². The number of fused-ring (bicyclic) bond motifs is 1. The monoisotopic (exact) mass is 306 g/mol. The van der Waals surface area contributed by atoms with Crippen LogP contribution in [0.2, 0.25) is 0 Å².